The molecule has 318 valence electrons. The SMILES string of the molecule is c1ccc(N(c2ccc3cc4c(cc3c2)oc2ccc3oc5cc6cc(N(c7ccccc7)c7ccc8c(c7)sc7ccccc78)ccc6cc5c3c24)c2ccc3c(c2)sc2ccccc23)cc1. The average Bonchev–Trinajstić information content (AvgIpc) is 4.15. The van der Waals surface area contributed by atoms with E-state index in [0.717, 1.165) is 99.5 Å². The van der Waals surface area contributed by atoms with Crippen LogP contribution in [0.4, 0.5) is 34.1 Å². The Hall–Kier alpha value is -8.42. The van der Waals surface area contributed by atoms with Gasteiger partial charge in [0.25, 0.3) is 0 Å². The zero-order chi connectivity index (χ0) is 44.5. The minimum atomic E-state index is 0.845. The molecule has 0 radical (unpaired) electrons. The number of thiophene rings is 2. The van der Waals surface area contributed by atoms with Gasteiger partial charge in [-0.3, -0.25) is 0 Å². The van der Waals surface area contributed by atoms with Gasteiger partial charge in [-0.25, -0.2) is 0 Å². The largest absolute Gasteiger partial charge is 0.456 e. The molecule has 0 N–H and O–H groups in total. The van der Waals surface area contributed by atoms with Crippen LogP contribution < -0.4 is 9.80 Å². The smallest absolute Gasteiger partial charge is 0.136 e. The van der Waals surface area contributed by atoms with E-state index in [1.54, 1.807) is 0 Å². The third-order valence-corrected chi connectivity index (χ3v) is 16.0. The van der Waals surface area contributed by atoms with E-state index in [1.807, 2.05) is 22.7 Å². The standard InChI is InChI=1S/C62H36N2O2S2/c1-3-11-41(12-4-1)63(45-23-25-49-47-15-7-9-17-57(47)67-59(49)35-45)43-21-19-37-31-51-55(33-39(37)29-43)65-53-27-28-54-62(61(51)53)52-32-38-20-22-44(30-40(38)34-56(52)66-54)64(42-13-5-2-6-14-42)46-24-26-50-48-16-8-10-18-58(48)68-60(50)36-46/h1-36H. The van der Waals surface area contributed by atoms with Gasteiger partial charge < -0.3 is 18.6 Å². The summed E-state index contributed by atoms with van der Waals surface area (Å²) in [6.45, 7) is 0. The van der Waals surface area contributed by atoms with Gasteiger partial charge >= 0.3 is 0 Å². The van der Waals surface area contributed by atoms with E-state index in [2.05, 4.69) is 228 Å². The molecule has 0 bridgehead atoms. The van der Waals surface area contributed by atoms with Crippen molar-refractivity contribution in [3.8, 4) is 0 Å². The van der Waals surface area contributed by atoms with Gasteiger partial charge in [0.1, 0.15) is 22.3 Å². The summed E-state index contributed by atoms with van der Waals surface area (Å²) in [5.74, 6) is 0. The molecule has 4 aromatic heterocycles. The molecular weight excluding hydrogens is 869 g/mol. The zero-order valence-electron chi connectivity index (χ0n) is 36.3. The predicted octanol–water partition coefficient (Wildman–Crippen LogP) is 19.5. The van der Waals surface area contributed by atoms with Crippen LogP contribution in [-0.2, 0) is 0 Å². The molecule has 0 saturated heterocycles. The summed E-state index contributed by atoms with van der Waals surface area (Å²) in [7, 11) is 0. The summed E-state index contributed by atoms with van der Waals surface area (Å²) >= 11 is 3.69. The fourth-order valence-electron chi connectivity index (χ4n) is 10.6. The molecule has 68 heavy (non-hydrogen) atoms. The maximum atomic E-state index is 6.73. The Balaban J connectivity index is 0.844. The second kappa shape index (κ2) is 14.5. The number of para-hydroxylation sites is 2. The molecule has 0 aliphatic heterocycles. The first-order valence-electron chi connectivity index (χ1n) is 22.9. The Morgan fingerprint density at radius 1 is 0.250 bits per heavy atom. The Bertz CT molecular complexity index is 4230. The van der Waals surface area contributed by atoms with E-state index in [-0.39, 0.29) is 0 Å². The van der Waals surface area contributed by atoms with Crippen LogP contribution in [-0.4, -0.2) is 0 Å². The number of hydrogen-bond donors (Lipinski definition) is 0. The summed E-state index contributed by atoms with van der Waals surface area (Å²) < 4.78 is 18.6. The molecule has 0 saturated carbocycles. The molecule has 0 fully saturated rings. The molecule has 15 rings (SSSR count). The Kier molecular flexibility index (Phi) is 8.07. The third-order valence-electron chi connectivity index (χ3n) is 13.7. The molecule has 11 aromatic carbocycles. The Labute approximate surface area is 397 Å². The number of nitrogens with zero attached hydrogens (tertiary/aromatic N) is 2. The topological polar surface area (TPSA) is 32.8 Å². The number of fused-ring (bicyclic) bond motifs is 15. The first-order valence-corrected chi connectivity index (χ1v) is 24.5. The first kappa shape index (κ1) is 37.8. The summed E-state index contributed by atoms with van der Waals surface area (Å²) in [6, 6.07) is 79.0. The quantitative estimate of drug-likeness (QED) is 0.166. The highest BCUT2D eigenvalue weighted by Crippen LogP contribution is 2.46. The van der Waals surface area contributed by atoms with Gasteiger partial charge in [0, 0.05) is 96.0 Å². The zero-order valence-corrected chi connectivity index (χ0v) is 37.9. The van der Waals surface area contributed by atoms with E-state index in [1.165, 1.54) is 40.3 Å². The molecule has 0 amide bonds. The highest BCUT2D eigenvalue weighted by molar-refractivity contribution is 7.26. The third kappa shape index (κ3) is 5.78. The van der Waals surface area contributed by atoms with Crippen molar-refractivity contribution >= 4 is 163 Å². The normalized spacial score (nSPS) is 12.1. The lowest BCUT2D eigenvalue weighted by atomic mass is 10.0. The lowest BCUT2D eigenvalue weighted by Crippen LogP contribution is -2.09. The van der Waals surface area contributed by atoms with E-state index in [9.17, 15) is 0 Å². The molecule has 0 aliphatic carbocycles. The maximum absolute atomic E-state index is 6.73. The molecule has 4 nitrogen and oxygen atoms in total. The predicted molar refractivity (Wildman–Crippen MR) is 291 cm³/mol. The second-order valence-corrected chi connectivity index (χ2v) is 19.8. The van der Waals surface area contributed by atoms with Crippen LogP contribution in [0.1, 0.15) is 0 Å². The Morgan fingerprint density at radius 2 is 0.647 bits per heavy atom. The monoisotopic (exact) mass is 904 g/mol. The number of anilines is 6. The summed E-state index contributed by atoms with van der Waals surface area (Å²) in [6.07, 6.45) is 0. The summed E-state index contributed by atoms with van der Waals surface area (Å²) in [4.78, 5) is 4.70. The summed E-state index contributed by atoms with van der Waals surface area (Å²) in [5, 5.41) is 14.0. The van der Waals surface area contributed by atoms with Gasteiger partial charge in [0.2, 0.25) is 0 Å². The molecule has 0 unspecified atom stereocenters. The number of hydrogen-bond acceptors (Lipinski definition) is 6. The van der Waals surface area contributed by atoms with Gasteiger partial charge in [0.05, 0.1) is 0 Å². The van der Waals surface area contributed by atoms with Crippen molar-refractivity contribution in [1.29, 1.82) is 0 Å². The van der Waals surface area contributed by atoms with Crippen LogP contribution in [0.2, 0.25) is 0 Å². The number of rotatable bonds is 6. The molecule has 0 aliphatic rings. The van der Waals surface area contributed by atoms with Crippen LogP contribution in [0.25, 0.3) is 106 Å². The number of furan rings is 2. The van der Waals surface area contributed by atoms with E-state index in [4.69, 9.17) is 8.83 Å². The lowest BCUT2D eigenvalue weighted by molar-refractivity contribution is 0.663. The van der Waals surface area contributed by atoms with Crippen molar-refractivity contribution in [3.05, 3.63) is 218 Å². The van der Waals surface area contributed by atoms with Gasteiger partial charge in [-0.15, -0.1) is 22.7 Å². The average molecular weight is 905 g/mol. The number of benzene rings is 11. The van der Waals surface area contributed by atoms with Crippen molar-refractivity contribution in [3.63, 3.8) is 0 Å². The molecule has 4 heterocycles. The van der Waals surface area contributed by atoms with Gasteiger partial charge in [-0.2, -0.15) is 0 Å². The highest BCUT2D eigenvalue weighted by atomic mass is 32.1. The van der Waals surface area contributed by atoms with E-state index >= 15 is 0 Å². The van der Waals surface area contributed by atoms with Crippen molar-refractivity contribution in [2.45, 2.75) is 0 Å². The van der Waals surface area contributed by atoms with Crippen LogP contribution in [0.3, 0.4) is 0 Å². The maximum Gasteiger partial charge on any atom is 0.136 e. The fraction of sp³-hybridized carbons (Fsp3) is 0. The van der Waals surface area contributed by atoms with Gasteiger partial charge in [-0.1, -0.05) is 97.1 Å². The van der Waals surface area contributed by atoms with Crippen molar-refractivity contribution < 1.29 is 8.83 Å². The van der Waals surface area contributed by atoms with Crippen LogP contribution >= 0.6 is 22.7 Å². The van der Waals surface area contributed by atoms with Crippen LogP contribution in [0.5, 0.6) is 0 Å². The molecule has 0 atom stereocenters. The minimum absolute atomic E-state index is 0.845. The first-order chi connectivity index (χ1) is 33.6. The van der Waals surface area contributed by atoms with E-state index < -0.39 is 0 Å². The van der Waals surface area contributed by atoms with Crippen molar-refractivity contribution in [1.82, 2.24) is 0 Å². The van der Waals surface area contributed by atoms with Gasteiger partial charge in [-0.05, 0) is 143 Å². The molecular formula is C62H36N2O2S2. The highest BCUT2D eigenvalue weighted by Gasteiger charge is 2.21. The Morgan fingerprint density at radius 3 is 1.12 bits per heavy atom. The van der Waals surface area contributed by atoms with Crippen LogP contribution in [0.15, 0.2) is 227 Å². The minimum Gasteiger partial charge on any atom is -0.456 e. The molecule has 6 heteroatoms. The van der Waals surface area contributed by atoms with E-state index in [0.29, 0.717) is 0 Å². The van der Waals surface area contributed by atoms with Crippen LogP contribution in [0, 0.1) is 0 Å². The molecule has 15 aromatic rings. The van der Waals surface area contributed by atoms with Crippen molar-refractivity contribution in [2.24, 2.45) is 0 Å². The summed E-state index contributed by atoms with van der Waals surface area (Å²) in [5.41, 5.74) is 10.0. The van der Waals surface area contributed by atoms with Gasteiger partial charge in [0.15, 0.2) is 0 Å². The van der Waals surface area contributed by atoms with Crippen molar-refractivity contribution in [2.75, 3.05) is 9.80 Å². The lowest BCUT2D eigenvalue weighted by Gasteiger charge is -2.26. The fourth-order valence-corrected chi connectivity index (χ4v) is 12.9. The second-order valence-electron chi connectivity index (χ2n) is 17.7. The molecule has 0 spiro atoms.